The van der Waals surface area contributed by atoms with Crippen LogP contribution in [0.2, 0.25) is 10.0 Å². The van der Waals surface area contributed by atoms with Crippen LogP contribution >= 0.6 is 34.5 Å². The van der Waals surface area contributed by atoms with Crippen LogP contribution < -0.4 is 4.74 Å². The lowest BCUT2D eigenvalue weighted by molar-refractivity contribution is 0.0477. The van der Waals surface area contributed by atoms with E-state index < -0.39 is 5.97 Å². The van der Waals surface area contributed by atoms with E-state index in [2.05, 4.69) is 32.9 Å². The number of carbonyl (C=O) groups excluding carboxylic acids is 1. The number of ether oxygens (including phenoxy) is 2. The fourth-order valence-corrected chi connectivity index (χ4v) is 5.01. The molecule has 3 rings (SSSR count). The Balaban J connectivity index is 1.87. The number of thiophene rings is 1. The Hall–Kier alpha value is -1.75. The summed E-state index contributed by atoms with van der Waals surface area (Å²) in [5.41, 5.74) is 4.56. The van der Waals surface area contributed by atoms with Crippen LogP contribution in [0.15, 0.2) is 24.3 Å². The van der Waals surface area contributed by atoms with Crippen molar-refractivity contribution >= 4 is 50.6 Å². The third-order valence-corrected chi connectivity index (χ3v) is 7.21. The van der Waals surface area contributed by atoms with Gasteiger partial charge in [0.2, 0.25) is 0 Å². The number of fused-ring (bicyclic) bond motifs is 1. The molecule has 1 heterocycles. The van der Waals surface area contributed by atoms with Gasteiger partial charge in [0.25, 0.3) is 0 Å². The summed E-state index contributed by atoms with van der Waals surface area (Å²) >= 11 is 14.0. The molecular weight excluding hydrogens is 427 g/mol. The average molecular weight is 451 g/mol. The maximum atomic E-state index is 12.8. The first kappa shape index (κ1) is 21.9. The number of hydrogen-bond acceptors (Lipinski definition) is 4. The first-order valence-corrected chi connectivity index (χ1v) is 10.8. The molecule has 0 saturated heterocycles. The molecule has 3 nitrogen and oxygen atoms in total. The molecule has 0 bridgehead atoms. The second kappa shape index (κ2) is 8.17. The molecular formula is C23H24Cl2O3S. The van der Waals surface area contributed by atoms with Crippen molar-refractivity contribution < 1.29 is 14.3 Å². The molecule has 3 aromatic rings. The molecule has 0 saturated carbocycles. The minimum atomic E-state index is -0.454. The lowest BCUT2D eigenvalue weighted by atomic mass is 9.84. The summed E-state index contributed by atoms with van der Waals surface area (Å²) in [6.07, 6.45) is 0. The Kier molecular flexibility index (Phi) is 6.19. The molecule has 0 atom stereocenters. The molecule has 0 unspecified atom stereocenters. The SMILES string of the molecule is COc1ccc2c(Cl)c(C(=O)OCc3c(C)cc(C(C)(C)C)cc3C)sc2c1Cl. The van der Waals surface area contributed by atoms with Crippen LogP contribution in [0.1, 0.15) is 52.7 Å². The van der Waals surface area contributed by atoms with Crippen LogP contribution in [-0.2, 0) is 16.8 Å². The Labute approximate surface area is 185 Å². The Bertz CT molecular complexity index is 1070. The van der Waals surface area contributed by atoms with Crippen molar-refractivity contribution in [2.24, 2.45) is 0 Å². The molecule has 0 radical (unpaired) electrons. The van der Waals surface area contributed by atoms with E-state index in [1.54, 1.807) is 19.2 Å². The highest BCUT2D eigenvalue weighted by Crippen LogP contribution is 2.43. The number of esters is 1. The van der Waals surface area contributed by atoms with E-state index in [1.165, 1.54) is 16.9 Å². The predicted octanol–water partition coefficient (Wildman–Crippen LogP) is 7.49. The fourth-order valence-electron chi connectivity index (χ4n) is 3.23. The second-order valence-electron chi connectivity index (χ2n) is 8.12. The van der Waals surface area contributed by atoms with E-state index in [0.29, 0.717) is 25.4 Å². The lowest BCUT2D eigenvalue weighted by Crippen LogP contribution is -2.13. The second-order valence-corrected chi connectivity index (χ2v) is 9.89. The number of hydrogen-bond donors (Lipinski definition) is 0. The molecule has 29 heavy (non-hydrogen) atoms. The monoisotopic (exact) mass is 450 g/mol. The van der Waals surface area contributed by atoms with Gasteiger partial charge in [0, 0.05) is 5.39 Å². The maximum Gasteiger partial charge on any atom is 0.350 e. The van der Waals surface area contributed by atoms with Crippen LogP contribution in [-0.4, -0.2) is 13.1 Å². The van der Waals surface area contributed by atoms with Gasteiger partial charge < -0.3 is 9.47 Å². The minimum absolute atomic E-state index is 0.0651. The van der Waals surface area contributed by atoms with Gasteiger partial charge in [0.05, 0.1) is 16.8 Å². The zero-order valence-corrected chi connectivity index (χ0v) is 19.7. The van der Waals surface area contributed by atoms with E-state index in [-0.39, 0.29) is 12.0 Å². The summed E-state index contributed by atoms with van der Waals surface area (Å²) in [4.78, 5) is 13.1. The van der Waals surface area contributed by atoms with Crippen molar-refractivity contribution in [2.45, 2.75) is 46.6 Å². The number of benzene rings is 2. The molecule has 0 fully saturated rings. The van der Waals surface area contributed by atoms with E-state index in [0.717, 1.165) is 22.1 Å². The highest BCUT2D eigenvalue weighted by atomic mass is 35.5. The normalized spacial score (nSPS) is 11.7. The van der Waals surface area contributed by atoms with Crippen LogP contribution in [0.3, 0.4) is 0 Å². The van der Waals surface area contributed by atoms with E-state index in [9.17, 15) is 4.79 Å². The van der Waals surface area contributed by atoms with Crippen LogP contribution in [0.5, 0.6) is 5.75 Å². The van der Waals surface area contributed by atoms with Gasteiger partial charge in [0.15, 0.2) is 0 Å². The van der Waals surface area contributed by atoms with Gasteiger partial charge in [-0.15, -0.1) is 11.3 Å². The summed E-state index contributed by atoms with van der Waals surface area (Å²) in [7, 11) is 1.55. The van der Waals surface area contributed by atoms with Crippen LogP contribution in [0.25, 0.3) is 10.1 Å². The zero-order valence-electron chi connectivity index (χ0n) is 17.4. The smallest absolute Gasteiger partial charge is 0.350 e. The van der Waals surface area contributed by atoms with Crippen molar-refractivity contribution in [3.63, 3.8) is 0 Å². The Morgan fingerprint density at radius 1 is 1.07 bits per heavy atom. The highest BCUT2D eigenvalue weighted by molar-refractivity contribution is 7.22. The van der Waals surface area contributed by atoms with Crippen LogP contribution in [0.4, 0.5) is 0 Å². The summed E-state index contributed by atoms with van der Waals surface area (Å²) < 4.78 is 11.6. The molecule has 0 N–H and O–H groups in total. The molecule has 154 valence electrons. The van der Waals surface area contributed by atoms with Gasteiger partial charge in [-0.05, 0) is 53.6 Å². The van der Waals surface area contributed by atoms with Gasteiger partial charge in [-0.2, -0.15) is 0 Å². The molecule has 0 aliphatic heterocycles. The van der Waals surface area contributed by atoms with Crippen LogP contribution in [0, 0.1) is 13.8 Å². The van der Waals surface area contributed by atoms with Crippen molar-refractivity contribution in [1.29, 1.82) is 0 Å². The first-order valence-electron chi connectivity index (χ1n) is 9.26. The van der Waals surface area contributed by atoms with E-state index in [1.807, 2.05) is 13.8 Å². The van der Waals surface area contributed by atoms with Gasteiger partial charge >= 0.3 is 5.97 Å². The van der Waals surface area contributed by atoms with Crippen molar-refractivity contribution in [3.8, 4) is 5.75 Å². The summed E-state index contributed by atoms with van der Waals surface area (Å²) in [5, 5.41) is 1.52. The molecule has 0 amide bonds. The highest BCUT2D eigenvalue weighted by Gasteiger charge is 2.22. The third kappa shape index (κ3) is 4.25. The molecule has 0 spiro atoms. The van der Waals surface area contributed by atoms with Gasteiger partial charge in [-0.25, -0.2) is 4.79 Å². The van der Waals surface area contributed by atoms with Crippen molar-refractivity contribution in [3.05, 3.63) is 61.4 Å². The first-order chi connectivity index (χ1) is 13.5. The number of methoxy groups -OCH3 is 1. The largest absolute Gasteiger partial charge is 0.495 e. The standard InChI is InChI=1S/C23H24Cl2O3S/c1-12-9-14(23(3,4)5)10-13(2)16(12)11-28-22(26)21-18(24)15-7-8-17(27-6)19(25)20(15)29-21/h7-10H,11H2,1-6H3. The number of aryl methyl sites for hydroxylation is 2. The molecule has 0 aliphatic carbocycles. The van der Waals surface area contributed by atoms with E-state index in [4.69, 9.17) is 32.7 Å². The lowest BCUT2D eigenvalue weighted by Gasteiger charge is -2.22. The quantitative estimate of drug-likeness (QED) is 0.386. The number of rotatable bonds is 4. The van der Waals surface area contributed by atoms with E-state index >= 15 is 0 Å². The van der Waals surface area contributed by atoms with Crippen molar-refractivity contribution in [2.75, 3.05) is 7.11 Å². The maximum absolute atomic E-state index is 12.8. The Morgan fingerprint density at radius 3 is 2.24 bits per heavy atom. The Morgan fingerprint density at radius 2 is 1.69 bits per heavy atom. The summed E-state index contributed by atoms with van der Waals surface area (Å²) in [5.74, 6) is 0.0899. The third-order valence-electron chi connectivity index (χ3n) is 5.02. The molecule has 6 heteroatoms. The summed E-state index contributed by atoms with van der Waals surface area (Å²) in [6, 6.07) is 7.86. The van der Waals surface area contributed by atoms with Gasteiger partial charge in [-0.3, -0.25) is 0 Å². The molecule has 2 aromatic carbocycles. The molecule has 1 aromatic heterocycles. The number of halogens is 2. The number of carbonyl (C=O) groups is 1. The zero-order chi connectivity index (χ0) is 21.5. The van der Waals surface area contributed by atoms with Gasteiger partial charge in [0.1, 0.15) is 22.3 Å². The fraction of sp³-hybridized carbons (Fsp3) is 0.348. The topological polar surface area (TPSA) is 35.5 Å². The molecule has 0 aliphatic rings. The minimum Gasteiger partial charge on any atom is -0.495 e. The predicted molar refractivity (Wildman–Crippen MR) is 122 cm³/mol. The summed E-state index contributed by atoms with van der Waals surface area (Å²) in [6.45, 7) is 10.8. The van der Waals surface area contributed by atoms with Crippen molar-refractivity contribution in [1.82, 2.24) is 0 Å². The van der Waals surface area contributed by atoms with Gasteiger partial charge in [-0.1, -0.05) is 56.1 Å². The average Bonchev–Trinajstić information content (AvgIpc) is 2.98.